The van der Waals surface area contributed by atoms with Gasteiger partial charge in [0, 0.05) is 12.3 Å². The number of benzene rings is 1. The van der Waals surface area contributed by atoms with Gasteiger partial charge in [-0.2, -0.15) is 0 Å². The molecule has 1 amide bonds. The van der Waals surface area contributed by atoms with E-state index in [0.717, 1.165) is 36.1 Å². The Morgan fingerprint density at radius 2 is 1.95 bits per heavy atom. The molecule has 1 saturated heterocycles. The van der Waals surface area contributed by atoms with Gasteiger partial charge < -0.3 is 14.8 Å². The molecule has 2 rings (SSSR count). The number of aryl methyl sites for hydroxylation is 2. The van der Waals surface area contributed by atoms with Crippen molar-refractivity contribution in [2.45, 2.75) is 45.6 Å². The van der Waals surface area contributed by atoms with Gasteiger partial charge in [0.15, 0.2) is 12.7 Å². The van der Waals surface area contributed by atoms with Gasteiger partial charge in [-0.3, -0.25) is 4.79 Å². The highest BCUT2D eigenvalue weighted by molar-refractivity contribution is 5.94. The molecule has 22 heavy (non-hydrogen) atoms. The molecule has 1 aliphatic rings. The predicted octanol–water partition coefficient (Wildman–Crippen LogP) is 2.47. The van der Waals surface area contributed by atoms with Crippen LogP contribution < -0.4 is 5.32 Å². The van der Waals surface area contributed by atoms with E-state index in [2.05, 4.69) is 5.32 Å². The Morgan fingerprint density at radius 1 is 1.27 bits per heavy atom. The number of ether oxygens (including phenoxy) is 2. The Bertz CT molecular complexity index is 513. The summed E-state index contributed by atoms with van der Waals surface area (Å²) < 4.78 is 10.3. The quantitative estimate of drug-likeness (QED) is 0.820. The molecule has 5 nitrogen and oxygen atoms in total. The zero-order valence-electron chi connectivity index (χ0n) is 13.2. The van der Waals surface area contributed by atoms with E-state index in [1.54, 1.807) is 0 Å². The molecule has 0 unspecified atom stereocenters. The van der Waals surface area contributed by atoms with Crippen LogP contribution in [0.5, 0.6) is 0 Å². The van der Waals surface area contributed by atoms with Gasteiger partial charge in [-0.15, -0.1) is 0 Å². The number of hydrogen-bond acceptors (Lipinski definition) is 4. The minimum Gasteiger partial charge on any atom is -0.454 e. The molecular weight excluding hydrogens is 282 g/mol. The largest absolute Gasteiger partial charge is 0.454 e. The number of hydrogen-bond donors (Lipinski definition) is 1. The normalized spacial score (nSPS) is 17.3. The summed E-state index contributed by atoms with van der Waals surface area (Å²) in [7, 11) is 0. The first kappa shape index (κ1) is 16.5. The third-order valence-electron chi connectivity index (χ3n) is 3.80. The molecule has 1 heterocycles. The third-order valence-corrected chi connectivity index (χ3v) is 3.80. The average molecular weight is 305 g/mol. The van der Waals surface area contributed by atoms with Crippen LogP contribution in [0.25, 0.3) is 0 Å². The van der Waals surface area contributed by atoms with E-state index < -0.39 is 12.1 Å². The van der Waals surface area contributed by atoms with Crippen molar-refractivity contribution in [3.63, 3.8) is 0 Å². The zero-order valence-corrected chi connectivity index (χ0v) is 13.2. The first-order valence-corrected chi connectivity index (χ1v) is 7.84. The number of amides is 1. The van der Waals surface area contributed by atoms with E-state index in [4.69, 9.17) is 9.47 Å². The standard InChI is InChI=1S/C17H23NO4/c1-3-12-7-5-8-13(4-2)16(12)18-15(19)11-22-17(20)14-9-6-10-21-14/h5,7-8,14H,3-4,6,9-11H2,1-2H3,(H,18,19)/t14-/m0/s1. The number of para-hydroxylation sites is 1. The lowest BCUT2D eigenvalue weighted by Crippen LogP contribution is -2.27. The third kappa shape index (κ3) is 4.07. The van der Waals surface area contributed by atoms with E-state index >= 15 is 0 Å². The maximum atomic E-state index is 12.0. The SMILES string of the molecule is CCc1cccc(CC)c1NC(=O)COC(=O)[C@@H]1CCCO1. The Kier molecular flexibility index (Phi) is 5.95. The average Bonchev–Trinajstić information content (AvgIpc) is 3.07. The molecular formula is C17H23NO4. The van der Waals surface area contributed by atoms with Gasteiger partial charge in [0.2, 0.25) is 0 Å². The molecule has 1 atom stereocenters. The van der Waals surface area contributed by atoms with Crippen LogP contribution >= 0.6 is 0 Å². The van der Waals surface area contributed by atoms with E-state index in [1.807, 2.05) is 32.0 Å². The van der Waals surface area contributed by atoms with Gasteiger partial charge in [-0.25, -0.2) is 4.79 Å². The minimum atomic E-state index is -0.512. The van der Waals surface area contributed by atoms with Crippen LogP contribution in [0, 0.1) is 0 Å². The van der Waals surface area contributed by atoms with Gasteiger partial charge in [0.1, 0.15) is 0 Å². The molecule has 0 aromatic heterocycles. The first-order valence-electron chi connectivity index (χ1n) is 7.84. The summed E-state index contributed by atoms with van der Waals surface area (Å²) in [5.41, 5.74) is 3.00. The van der Waals surface area contributed by atoms with Crippen LogP contribution in [0.15, 0.2) is 18.2 Å². The second kappa shape index (κ2) is 7.94. The molecule has 1 aromatic carbocycles. The maximum absolute atomic E-state index is 12.0. The smallest absolute Gasteiger partial charge is 0.335 e. The van der Waals surface area contributed by atoms with Crippen molar-refractivity contribution < 1.29 is 19.1 Å². The van der Waals surface area contributed by atoms with Crippen LogP contribution in [-0.2, 0) is 31.9 Å². The summed E-state index contributed by atoms with van der Waals surface area (Å²) in [6.45, 7) is 4.39. The number of anilines is 1. The molecule has 0 aliphatic carbocycles. The van der Waals surface area contributed by atoms with Gasteiger partial charge in [-0.05, 0) is 36.8 Å². The van der Waals surface area contributed by atoms with Crippen LogP contribution in [0.1, 0.15) is 37.8 Å². The summed E-state index contributed by atoms with van der Waals surface area (Å²) in [5.74, 6) is -0.769. The van der Waals surface area contributed by atoms with Crippen LogP contribution in [0.4, 0.5) is 5.69 Å². The summed E-state index contributed by atoms with van der Waals surface area (Å²) in [6.07, 6.45) is 2.68. The van der Waals surface area contributed by atoms with Gasteiger partial charge in [0.25, 0.3) is 5.91 Å². The number of nitrogens with one attached hydrogen (secondary N) is 1. The van der Waals surface area contributed by atoms with E-state index in [0.29, 0.717) is 13.0 Å². The lowest BCUT2D eigenvalue weighted by atomic mass is 10.0. The Labute approximate surface area is 131 Å². The fourth-order valence-corrected chi connectivity index (χ4v) is 2.57. The second-order valence-corrected chi connectivity index (χ2v) is 5.32. The topological polar surface area (TPSA) is 64.6 Å². The molecule has 0 bridgehead atoms. The lowest BCUT2D eigenvalue weighted by molar-refractivity contribution is -0.156. The van der Waals surface area contributed by atoms with Crippen molar-refractivity contribution in [1.29, 1.82) is 0 Å². The van der Waals surface area contributed by atoms with Gasteiger partial charge >= 0.3 is 5.97 Å². The van der Waals surface area contributed by atoms with Crippen molar-refractivity contribution in [3.8, 4) is 0 Å². The Balaban J connectivity index is 1.93. The first-order chi connectivity index (χ1) is 10.7. The highest BCUT2D eigenvalue weighted by atomic mass is 16.6. The number of carbonyl (C=O) groups excluding carboxylic acids is 2. The van der Waals surface area contributed by atoms with Crippen LogP contribution in [-0.4, -0.2) is 31.2 Å². The molecule has 5 heteroatoms. The fourth-order valence-electron chi connectivity index (χ4n) is 2.57. The predicted molar refractivity (Wildman–Crippen MR) is 83.8 cm³/mol. The van der Waals surface area contributed by atoms with E-state index in [9.17, 15) is 9.59 Å². The molecule has 0 saturated carbocycles. The van der Waals surface area contributed by atoms with Crippen molar-refractivity contribution in [2.75, 3.05) is 18.5 Å². The molecule has 0 spiro atoms. The molecule has 0 radical (unpaired) electrons. The summed E-state index contributed by atoms with van der Waals surface area (Å²) in [4.78, 5) is 23.8. The Morgan fingerprint density at radius 3 is 2.50 bits per heavy atom. The summed E-state index contributed by atoms with van der Waals surface area (Å²) in [5, 5.41) is 2.87. The highest BCUT2D eigenvalue weighted by Crippen LogP contribution is 2.22. The van der Waals surface area contributed by atoms with Crippen molar-refractivity contribution in [2.24, 2.45) is 0 Å². The molecule has 120 valence electrons. The van der Waals surface area contributed by atoms with E-state index in [1.165, 1.54) is 0 Å². The number of carbonyl (C=O) groups is 2. The molecule has 1 aliphatic heterocycles. The monoisotopic (exact) mass is 305 g/mol. The van der Waals surface area contributed by atoms with Crippen LogP contribution in [0.3, 0.4) is 0 Å². The maximum Gasteiger partial charge on any atom is 0.335 e. The molecule has 1 fully saturated rings. The fraction of sp³-hybridized carbons (Fsp3) is 0.529. The highest BCUT2D eigenvalue weighted by Gasteiger charge is 2.25. The summed E-state index contributed by atoms with van der Waals surface area (Å²) in [6, 6.07) is 5.98. The zero-order chi connectivity index (χ0) is 15.9. The van der Waals surface area contributed by atoms with Gasteiger partial charge in [0.05, 0.1) is 0 Å². The van der Waals surface area contributed by atoms with Crippen molar-refractivity contribution in [3.05, 3.63) is 29.3 Å². The molecule has 1 aromatic rings. The second-order valence-electron chi connectivity index (χ2n) is 5.32. The minimum absolute atomic E-state index is 0.278. The number of esters is 1. The molecule has 1 N–H and O–H groups in total. The van der Waals surface area contributed by atoms with Crippen molar-refractivity contribution >= 4 is 17.6 Å². The Hall–Kier alpha value is -1.88. The van der Waals surface area contributed by atoms with Crippen LogP contribution in [0.2, 0.25) is 0 Å². The van der Waals surface area contributed by atoms with Crippen molar-refractivity contribution in [1.82, 2.24) is 0 Å². The van der Waals surface area contributed by atoms with Gasteiger partial charge in [-0.1, -0.05) is 32.0 Å². The lowest BCUT2D eigenvalue weighted by Gasteiger charge is -2.15. The number of rotatable bonds is 6. The van der Waals surface area contributed by atoms with E-state index in [-0.39, 0.29) is 12.5 Å². The summed E-state index contributed by atoms with van der Waals surface area (Å²) >= 11 is 0.